The van der Waals surface area contributed by atoms with Crippen molar-refractivity contribution in [3.63, 3.8) is 0 Å². The van der Waals surface area contributed by atoms with Crippen LogP contribution in [0.1, 0.15) is 25.3 Å². The highest BCUT2D eigenvalue weighted by atomic mass is 35.5. The Morgan fingerprint density at radius 3 is 2.42 bits per heavy atom. The Morgan fingerprint density at radius 2 is 1.95 bits per heavy atom. The van der Waals surface area contributed by atoms with Crippen LogP contribution in [0.2, 0.25) is 5.02 Å². The van der Waals surface area contributed by atoms with Crippen LogP contribution < -0.4 is 0 Å². The summed E-state index contributed by atoms with van der Waals surface area (Å²) in [5, 5.41) is 0.260. The molecule has 19 heavy (non-hydrogen) atoms. The molecule has 0 radical (unpaired) electrons. The van der Waals surface area contributed by atoms with E-state index in [1.54, 1.807) is 19.9 Å². The summed E-state index contributed by atoms with van der Waals surface area (Å²) in [5.41, 5.74) is 0.356. The van der Waals surface area contributed by atoms with E-state index < -0.39 is 24.1 Å². The smallest absolute Gasteiger partial charge is 0.323 e. The first-order valence-electron chi connectivity index (χ1n) is 5.27. The molecule has 0 amide bonds. The van der Waals surface area contributed by atoms with Crippen LogP contribution in [-0.4, -0.2) is 24.6 Å². The molecule has 0 saturated heterocycles. The second-order valence-electron chi connectivity index (χ2n) is 4.17. The number of hydrogen-bond acceptors (Lipinski definition) is 4. The van der Waals surface area contributed by atoms with Crippen LogP contribution in [0.3, 0.4) is 0 Å². The summed E-state index contributed by atoms with van der Waals surface area (Å²) in [5.74, 6) is -0.183. The van der Waals surface area contributed by atoms with Gasteiger partial charge in [-0.25, -0.2) is 0 Å². The molecule has 9 heteroatoms. The summed E-state index contributed by atoms with van der Waals surface area (Å²) in [6.45, 7) is 3.51. The Balaban J connectivity index is 3.22. The van der Waals surface area contributed by atoms with Crippen LogP contribution >= 0.6 is 19.2 Å². The average Bonchev–Trinajstić information content (AvgIpc) is 2.25. The Bertz CT molecular complexity index is 606. The zero-order valence-corrected chi connectivity index (χ0v) is 12.7. The summed E-state index contributed by atoms with van der Waals surface area (Å²) in [4.78, 5) is 17.1. The molecule has 0 heterocycles. The fourth-order valence-corrected chi connectivity index (χ4v) is 4.04. The van der Waals surface area contributed by atoms with Crippen molar-refractivity contribution >= 4 is 29.3 Å². The Kier molecular flexibility index (Phi) is 5.17. The molecule has 6 nitrogen and oxygen atoms in total. The number of halogens is 1. The van der Waals surface area contributed by atoms with Crippen molar-refractivity contribution in [3.05, 3.63) is 28.8 Å². The highest BCUT2D eigenvalue weighted by molar-refractivity contribution is 7.87. The second kappa shape index (κ2) is 5.91. The van der Waals surface area contributed by atoms with E-state index in [4.69, 9.17) is 21.4 Å². The number of rotatable bonds is 5. The first kappa shape index (κ1) is 16.6. The third-order valence-electron chi connectivity index (χ3n) is 2.24. The Hall–Kier alpha value is -0.430. The van der Waals surface area contributed by atoms with Gasteiger partial charge in [-0.2, -0.15) is 8.42 Å². The predicted molar refractivity (Wildman–Crippen MR) is 70.7 cm³/mol. The molecule has 0 bridgehead atoms. The molecule has 0 aromatic heterocycles. The van der Waals surface area contributed by atoms with Gasteiger partial charge in [-0.05, 0) is 23.6 Å². The molecule has 0 aliphatic rings. The van der Waals surface area contributed by atoms with E-state index >= 15 is 0 Å². The lowest BCUT2D eigenvalue weighted by Crippen LogP contribution is -2.11. The third kappa shape index (κ3) is 4.56. The predicted octanol–water partition coefficient (Wildman–Crippen LogP) is 2.30. The molecule has 0 fully saturated rings. The van der Waals surface area contributed by atoms with E-state index in [2.05, 4.69) is 4.18 Å². The van der Waals surface area contributed by atoms with Crippen LogP contribution in [0.15, 0.2) is 23.1 Å². The molecule has 0 unspecified atom stereocenters. The van der Waals surface area contributed by atoms with Gasteiger partial charge in [0, 0.05) is 5.02 Å². The van der Waals surface area contributed by atoms with Crippen molar-refractivity contribution in [2.24, 2.45) is 0 Å². The Morgan fingerprint density at radius 1 is 1.37 bits per heavy atom. The molecule has 0 atom stereocenters. The van der Waals surface area contributed by atoms with E-state index in [-0.39, 0.29) is 15.8 Å². The van der Waals surface area contributed by atoms with Crippen molar-refractivity contribution in [2.75, 3.05) is 6.35 Å². The first-order valence-corrected chi connectivity index (χ1v) is 8.85. The molecule has 1 aromatic carbocycles. The fourth-order valence-electron chi connectivity index (χ4n) is 1.50. The molecule has 0 spiro atoms. The monoisotopic (exact) mass is 328 g/mol. The molecule has 2 N–H and O–H groups in total. The SMILES string of the molecule is CC(C)c1c(Cl)cccc1S(=O)(=O)OCP(=O)(O)O. The molecular formula is C10H14ClO6PS. The van der Waals surface area contributed by atoms with E-state index in [0.29, 0.717) is 5.56 Å². The van der Waals surface area contributed by atoms with Gasteiger partial charge in [-0.15, -0.1) is 0 Å². The van der Waals surface area contributed by atoms with Gasteiger partial charge in [0.1, 0.15) is 0 Å². The molecule has 0 aliphatic heterocycles. The fraction of sp³-hybridized carbons (Fsp3) is 0.400. The topological polar surface area (TPSA) is 101 Å². The number of hydrogen-bond donors (Lipinski definition) is 2. The number of benzene rings is 1. The molecule has 108 valence electrons. The van der Waals surface area contributed by atoms with Gasteiger partial charge in [0.15, 0.2) is 6.35 Å². The lowest BCUT2D eigenvalue weighted by molar-refractivity contribution is 0.301. The standard InChI is InChI=1S/C10H14ClO6PS/c1-7(2)10-8(11)4-3-5-9(10)19(15,16)17-6-18(12,13)14/h3-5,7H,6H2,1-2H3,(H2,12,13,14). The summed E-state index contributed by atoms with van der Waals surface area (Å²) in [6.07, 6.45) is -1.20. The normalized spacial score (nSPS) is 12.9. The van der Waals surface area contributed by atoms with Gasteiger partial charge in [0.25, 0.3) is 10.1 Å². The van der Waals surface area contributed by atoms with E-state index in [9.17, 15) is 13.0 Å². The van der Waals surface area contributed by atoms with E-state index in [1.807, 2.05) is 0 Å². The average molecular weight is 329 g/mol. The maximum Gasteiger partial charge on any atom is 0.352 e. The minimum absolute atomic E-state index is 0.177. The summed E-state index contributed by atoms with van der Waals surface area (Å²) >= 11 is 5.95. The van der Waals surface area contributed by atoms with Gasteiger partial charge in [-0.3, -0.25) is 8.75 Å². The van der Waals surface area contributed by atoms with Crippen LogP contribution in [0.5, 0.6) is 0 Å². The lowest BCUT2D eigenvalue weighted by Gasteiger charge is -2.15. The molecule has 1 rings (SSSR count). The Labute approximate surface area is 116 Å². The van der Waals surface area contributed by atoms with Crippen LogP contribution in [-0.2, 0) is 18.9 Å². The quantitative estimate of drug-likeness (QED) is 0.635. The summed E-state index contributed by atoms with van der Waals surface area (Å²) in [6, 6.07) is 4.26. The van der Waals surface area contributed by atoms with Crippen LogP contribution in [0, 0.1) is 0 Å². The zero-order valence-electron chi connectivity index (χ0n) is 10.3. The van der Waals surface area contributed by atoms with Gasteiger partial charge >= 0.3 is 7.60 Å². The van der Waals surface area contributed by atoms with Crippen LogP contribution in [0.4, 0.5) is 0 Å². The van der Waals surface area contributed by atoms with Crippen molar-refractivity contribution < 1.29 is 27.0 Å². The minimum atomic E-state index is -4.57. The first-order chi connectivity index (χ1) is 8.54. The highest BCUT2D eigenvalue weighted by Gasteiger charge is 2.26. The molecule has 0 saturated carbocycles. The highest BCUT2D eigenvalue weighted by Crippen LogP contribution is 2.37. The maximum absolute atomic E-state index is 11.9. The van der Waals surface area contributed by atoms with E-state index in [1.165, 1.54) is 12.1 Å². The largest absolute Gasteiger partial charge is 0.352 e. The van der Waals surface area contributed by atoms with E-state index in [0.717, 1.165) is 0 Å². The van der Waals surface area contributed by atoms with Crippen molar-refractivity contribution in [1.82, 2.24) is 0 Å². The molecule has 0 aliphatic carbocycles. The van der Waals surface area contributed by atoms with Gasteiger partial charge in [0.2, 0.25) is 0 Å². The second-order valence-corrected chi connectivity index (χ2v) is 7.75. The lowest BCUT2D eigenvalue weighted by atomic mass is 10.0. The zero-order chi connectivity index (χ0) is 14.8. The van der Waals surface area contributed by atoms with Crippen molar-refractivity contribution in [1.29, 1.82) is 0 Å². The van der Waals surface area contributed by atoms with Gasteiger partial charge < -0.3 is 9.79 Å². The van der Waals surface area contributed by atoms with Gasteiger partial charge in [0.05, 0.1) is 4.90 Å². The summed E-state index contributed by atoms with van der Waals surface area (Å²) in [7, 11) is -8.84. The van der Waals surface area contributed by atoms with Crippen LogP contribution in [0.25, 0.3) is 0 Å². The van der Waals surface area contributed by atoms with Gasteiger partial charge in [-0.1, -0.05) is 31.5 Å². The molecule has 1 aromatic rings. The maximum atomic E-state index is 11.9. The minimum Gasteiger partial charge on any atom is -0.323 e. The summed E-state index contributed by atoms with van der Waals surface area (Å²) < 4.78 is 38.9. The van der Waals surface area contributed by atoms with Crippen molar-refractivity contribution in [2.45, 2.75) is 24.7 Å². The molecular weight excluding hydrogens is 315 g/mol. The van der Waals surface area contributed by atoms with Crippen molar-refractivity contribution in [3.8, 4) is 0 Å². The third-order valence-corrected chi connectivity index (χ3v) is 4.53.